The maximum Gasteiger partial charge on any atom is 0.157 e. The summed E-state index contributed by atoms with van der Waals surface area (Å²) in [4.78, 5) is 2.43. The number of rotatable bonds is 5. The van der Waals surface area contributed by atoms with Gasteiger partial charge in [0.05, 0.1) is 19.3 Å². The van der Waals surface area contributed by atoms with Gasteiger partial charge in [0.1, 0.15) is 0 Å². The molecule has 2 aliphatic rings. The molecule has 0 N–H and O–H groups in total. The number of hydrogen-bond donors (Lipinski definition) is 0. The Bertz CT molecular complexity index is 459. The molecule has 3 rings (SSSR count). The topological polar surface area (TPSA) is 30.9 Å². The van der Waals surface area contributed by atoms with Crippen LogP contribution >= 0.6 is 0 Å². The van der Waals surface area contributed by atoms with Gasteiger partial charge in [0.25, 0.3) is 0 Å². The monoisotopic (exact) mass is 305 g/mol. The third-order valence-electron chi connectivity index (χ3n) is 4.54. The number of nitrogens with zero attached hydrogens (tertiary/aromatic N) is 1. The molecule has 2 saturated heterocycles. The van der Waals surface area contributed by atoms with E-state index in [0.717, 1.165) is 45.9 Å². The molecule has 0 unspecified atom stereocenters. The molecule has 122 valence electrons. The highest BCUT2D eigenvalue weighted by atomic mass is 16.7. The van der Waals surface area contributed by atoms with Crippen LogP contribution < -0.4 is 0 Å². The third kappa shape index (κ3) is 4.29. The molecule has 0 radical (unpaired) electrons. The van der Waals surface area contributed by atoms with Crippen LogP contribution in [0.3, 0.4) is 0 Å². The standard InChI is InChI=1S/C18H27NO3/c1-15-6-2-3-7-16(15)17-14-19(9-12-20-17)10-13-22-18-8-4-5-11-21-18/h2-3,6-7,17-18H,4-5,8-14H2,1H3/t17-,18-/m1/s1. The molecule has 0 saturated carbocycles. The second-order valence-electron chi connectivity index (χ2n) is 6.18. The summed E-state index contributed by atoms with van der Waals surface area (Å²) in [7, 11) is 0. The molecule has 2 atom stereocenters. The van der Waals surface area contributed by atoms with Gasteiger partial charge in [-0.1, -0.05) is 24.3 Å². The molecule has 0 amide bonds. The fraction of sp³-hybridized carbons (Fsp3) is 0.667. The molecule has 0 aliphatic carbocycles. The summed E-state index contributed by atoms with van der Waals surface area (Å²) in [6.45, 7) is 7.41. The lowest BCUT2D eigenvalue weighted by molar-refractivity contribution is -0.166. The molecule has 4 nitrogen and oxygen atoms in total. The lowest BCUT2D eigenvalue weighted by Gasteiger charge is -2.34. The van der Waals surface area contributed by atoms with E-state index in [1.807, 2.05) is 0 Å². The highest BCUT2D eigenvalue weighted by molar-refractivity contribution is 5.28. The maximum absolute atomic E-state index is 5.96. The van der Waals surface area contributed by atoms with Gasteiger partial charge in [0.15, 0.2) is 6.29 Å². The Morgan fingerprint density at radius 3 is 2.91 bits per heavy atom. The van der Waals surface area contributed by atoms with E-state index in [-0.39, 0.29) is 12.4 Å². The van der Waals surface area contributed by atoms with Crippen LogP contribution in [0.25, 0.3) is 0 Å². The highest BCUT2D eigenvalue weighted by Crippen LogP contribution is 2.24. The van der Waals surface area contributed by atoms with Crippen LogP contribution in [0, 0.1) is 6.92 Å². The average Bonchev–Trinajstić information content (AvgIpc) is 2.57. The largest absolute Gasteiger partial charge is 0.371 e. The van der Waals surface area contributed by atoms with Crippen molar-refractivity contribution < 1.29 is 14.2 Å². The Balaban J connectivity index is 1.45. The maximum atomic E-state index is 5.96. The minimum Gasteiger partial charge on any atom is -0.371 e. The van der Waals surface area contributed by atoms with Crippen molar-refractivity contribution in [2.45, 2.75) is 38.6 Å². The van der Waals surface area contributed by atoms with Crippen LogP contribution in [0.2, 0.25) is 0 Å². The van der Waals surface area contributed by atoms with Gasteiger partial charge in [-0.3, -0.25) is 4.90 Å². The molecule has 22 heavy (non-hydrogen) atoms. The van der Waals surface area contributed by atoms with E-state index in [1.165, 1.54) is 24.0 Å². The summed E-state index contributed by atoms with van der Waals surface area (Å²) in [5, 5.41) is 0. The van der Waals surface area contributed by atoms with Crippen LogP contribution in [0.5, 0.6) is 0 Å². The molecule has 0 aromatic heterocycles. The van der Waals surface area contributed by atoms with Gasteiger partial charge < -0.3 is 14.2 Å². The molecule has 2 fully saturated rings. The molecule has 4 heteroatoms. The number of ether oxygens (including phenoxy) is 3. The second-order valence-corrected chi connectivity index (χ2v) is 6.18. The zero-order valence-electron chi connectivity index (χ0n) is 13.5. The highest BCUT2D eigenvalue weighted by Gasteiger charge is 2.23. The molecule has 0 spiro atoms. The molecule has 0 bridgehead atoms. The third-order valence-corrected chi connectivity index (χ3v) is 4.54. The van der Waals surface area contributed by atoms with Crippen LogP contribution in [0.4, 0.5) is 0 Å². The van der Waals surface area contributed by atoms with Crippen molar-refractivity contribution in [3.05, 3.63) is 35.4 Å². The quantitative estimate of drug-likeness (QED) is 0.837. The Hall–Kier alpha value is -0.940. The van der Waals surface area contributed by atoms with E-state index in [0.29, 0.717) is 0 Å². The summed E-state index contributed by atoms with van der Waals surface area (Å²) in [5.74, 6) is 0. The summed E-state index contributed by atoms with van der Waals surface area (Å²) in [5.41, 5.74) is 2.62. The van der Waals surface area contributed by atoms with Crippen LogP contribution in [0.15, 0.2) is 24.3 Å². The summed E-state index contributed by atoms with van der Waals surface area (Å²) in [6, 6.07) is 8.50. The summed E-state index contributed by atoms with van der Waals surface area (Å²) < 4.78 is 17.4. The molecule has 1 aromatic carbocycles. The van der Waals surface area contributed by atoms with Crippen LogP contribution in [-0.4, -0.2) is 50.6 Å². The minimum atomic E-state index is 0.0157. The Morgan fingerprint density at radius 1 is 1.18 bits per heavy atom. The SMILES string of the molecule is Cc1ccccc1[C@H]1CN(CCO[C@@H]2CCCCO2)CCO1. The number of aryl methyl sites for hydroxylation is 1. The normalized spacial score (nSPS) is 27.0. The zero-order chi connectivity index (χ0) is 15.2. The van der Waals surface area contributed by atoms with Crippen LogP contribution in [0.1, 0.15) is 36.5 Å². The first kappa shape index (κ1) is 15.9. The summed E-state index contributed by atoms with van der Waals surface area (Å²) in [6.07, 6.45) is 3.62. The van der Waals surface area contributed by atoms with E-state index in [9.17, 15) is 0 Å². The Kier molecular flexibility index (Phi) is 5.84. The predicted octanol–water partition coefficient (Wildman–Crippen LogP) is 2.91. The van der Waals surface area contributed by atoms with Crippen molar-refractivity contribution in [3.8, 4) is 0 Å². The van der Waals surface area contributed by atoms with E-state index >= 15 is 0 Å². The van der Waals surface area contributed by atoms with Crippen molar-refractivity contribution >= 4 is 0 Å². The fourth-order valence-corrected chi connectivity index (χ4v) is 3.20. The first-order valence-electron chi connectivity index (χ1n) is 8.45. The first-order chi connectivity index (χ1) is 10.8. The van der Waals surface area contributed by atoms with E-state index in [4.69, 9.17) is 14.2 Å². The molecule has 1 aromatic rings. The van der Waals surface area contributed by atoms with E-state index in [2.05, 4.69) is 36.1 Å². The van der Waals surface area contributed by atoms with Crippen molar-refractivity contribution in [2.75, 3.05) is 39.5 Å². The van der Waals surface area contributed by atoms with Crippen molar-refractivity contribution in [2.24, 2.45) is 0 Å². The summed E-state index contributed by atoms with van der Waals surface area (Å²) >= 11 is 0. The smallest absolute Gasteiger partial charge is 0.157 e. The van der Waals surface area contributed by atoms with Crippen molar-refractivity contribution in [1.82, 2.24) is 4.90 Å². The lowest BCUT2D eigenvalue weighted by Crippen LogP contribution is -2.40. The molecular weight excluding hydrogens is 278 g/mol. The molecule has 2 aliphatic heterocycles. The van der Waals surface area contributed by atoms with Crippen molar-refractivity contribution in [1.29, 1.82) is 0 Å². The predicted molar refractivity (Wildman–Crippen MR) is 85.9 cm³/mol. The minimum absolute atomic E-state index is 0.0157. The van der Waals surface area contributed by atoms with Gasteiger partial charge in [-0.15, -0.1) is 0 Å². The lowest BCUT2D eigenvalue weighted by atomic mass is 10.0. The fourth-order valence-electron chi connectivity index (χ4n) is 3.20. The zero-order valence-corrected chi connectivity index (χ0v) is 13.5. The average molecular weight is 305 g/mol. The van der Waals surface area contributed by atoms with E-state index < -0.39 is 0 Å². The van der Waals surface area contributed by atoms with Gasteiger partial charge in [-0.05, 0) is 37.3 Å². The number of hydrogen-bond acceptors (Lipinski definition) is 4. The second kappa shape index (κ2) is 8.06. The van der Waals surface area contributed by atoms with Gasteiger partial charge in [-0.2, -0.15) is 0 Å². The Morgan fingerprint density at radius 2 is 2.09 bits per heavy atom. The first-order valence-corrected chi connectivity index (χ1v) is 8.45. The van der Waals surface area contributed by atoms with Gasteiger partial charge in [0.2, 0.25) is 0 Å². The number of morpholine rings is 1. The van der Waals surface area contributed by atoms with Gasteiger partial charge in [-0.25, -0.2) is 0 Å². The Labute approximate surface area is 133 Å². The van der Waals surface area contributed by atoms with Gasteiger partial charge >= 0.3 is 0 Å². The molecule has 2 heterocycles. The molecular formula is C18H27NO3. The van der Waals surface area contributed by atoms with Gasteiger partial charge in [0, 0.05) is 26.2 Å². The van der Waals surface area contributed by atoms with Crippen LogP contribution in [-0.2, 0) is 14.2 Å². The van der Waals surface area contributed by atoms with E-state index in [1.54, 1.807) is 0 Å². The van der Waals surface area contributed by atoms with Crippen molar-refractivity contribution in [3.63, 3.8) is 0 Å². The number of benzene rings is 1.